The minimum atomic E-state index is -6.38. The molecular formula is C28H26ClF7N2O5S. The fourth-order valence-electron chi connectivity index (χ4n) is 6.79. The van der Waals surface area contributed by atoms with Crippen LogP contribution < -0.4 is 5.32 Å². The molecule has 0 spiro atoms. The van der Waals surface area contributed by atoms with Crippen molar-refractivity contribution in [2.24, 2.45) is 11.8 Å². The van der Waals surface area contributed by atoms with Gasteiger partial charge in [-0.2, -0.15) is 26.3 Å². The molecule has 0 aromatic heterocycles. The van der Waals surface area contributed by atoms with Gasteiger partial charge in [-0.05, 0) is 68.0 Å². The van der Waals surface area contributed by atoms with Crippen LogP contribution in [0, 0.1) is 11.8 Å². The van der Waals surface area contributed by atoms with E-state index in [1.165, 1.54) is 29.2 Å². The minimum absolute atomic E-state index is 0.115. The number of amides is 1. The molecule has 2 aliphatic heterocycles. The number of anilines is 1. The smallest absolute Gasteiger partial charge is 0.435 e. The van der Waals surface area contributed by atoms with E-state index in [0.717, 1.165) is 6.07 Å². The molecular weight excluding hydrogens is 645 g/mol. The van der Waals surface area contributed by atoms with Gasteiger partial charge in [0, 0.05) is 35.3 Å². The number of likely N-dealkylation sites (tertiary alicyclic amines) is 1. The zero-order valence-electron chi connectivity index (χ0n) is 22.7. The summed E-state index contributed by atoms with van der Waals surface area (Å²) in [5, 5.41) is 12.2. The van der Waals surface area contributed by atoms with Crippen molar-refractivity contribution in [2.45, 2.75) is 65.8 Å². The quantitative estimate of drug-likeness (QED) is 0.367. The number of halogens is 8. The van der Waals surface area contributed by atoms with E-state index >= 15 is 0 Å². The SMILES string of the molecule is O=C(O)[C@H]1CC[C@H](C(=O)N2CCC3(S(=O)(=O)c4ccc(Cl)cc4)c4ccc(C(F)(C(F)(F)F)C(F)(F)F)cc4NCC23)CC1. The van der Waals surface area contributed by atoms with Gasteiger partial charge in [0.2, 0.25) is 5.91 Å². The lowest BCUT2D eigenvalue weighted by Gasteiger charge is -2.44. The zero-order valence-corrected chi connectivity index (χ0v) is 24.3. The Labute approximate surface area is 252 Å². The molecule has 0 bridgehead atoms. The van der Waals surface area contributed by atoms with Crippen LogP contribution in [-0.2, 0) is 29.8 Å². The molecule has 1 saturated carbocycles. The first-order valence-corrected chi connectivity index (χ1v) is 15.5. The first-order chi connectivity index (χ1) is 20.4. The summed E-state index contributed by atoms with van der Waals surface area (Å²) in [6.45, 7) is -0.493. The lowest BCUT2D eigenvalue weighted by molar-refractivity contribution is -0.348. The lowest BCUT2D eigenvalue weighted by atomic mass is 9.80. The lowest BCUT2D eigenvalue weighted by Crippen LogP contribution is -2.56. The van der Waals surface area contributed by atoms with Gasteiger partial charge in [0.25, 0.3) is 0 Å². The summed E-state index contributed by atoms with van der Waals surface area (Å²) in [7, 11) is -4.52. The number of carbonyl (C=O) groups excluding carboxylic acids is 1. The molecule has 1 aliphatic carbocycles. The van der Waals surface area contributed by atoms with Crippen molar-refractivity contribution < 1.29 is 53.8 Å². The van der Waals surface area contributed by atoms with Gasteiger partial charge < -0.3 is 15.3 Å². The molecule has 2 fully saturated rings. The number of hydrogen-bond donors (Lipinski definition) is 2. The number of hydrogen-bond acceptors (Lipinski definition) is 5. The van der Waals surface area contributed by atoms with E-state index in [9.17, 15) is 53.8 Å². The molecule has 7 nitrogen and oxygen atoms in total. The van der Waals surface area contributed by atoms with Crippen LogP contribution in [0.5, 0.6) is 0 Å². The molecule has 2 aromatic rings. The van der Waals surface area contributed by atoms with Gasteiger partial charge in [-0.15, -0.1) is 0 Å². The number of nitrogens with zero attached hydrogens (tertiary/aromatic N) is 1. The Kier molecular flexibility index (Phi) is 7.92. The predicted octanol–water partition coefficient (Wildman–Crippen LogP) is 6.22. The Bertz CT molecular complexity index is 1560. The molecule has 2 aromatic carbocycles. The van der Waals surface area contributed by atoms with E-state index in [2.05, 4.69) is 5.32 Å². The molecule has 44 heavy (non-hydrogen) atoms. The van der Waals surface area contributed by atoms with Crippen LogP contribution in [0.3, 0.4) is 0 Å². The fraction of sp³-hybridized carbons (Fsp3) is 0.500. The van der Waals surface area contributed by atoms with Gasteiger partial charge in [-0.1, -0.05) is 23.7 Å². The number of carboxylic acid groups (broad SMARTS) is 1. The van der Waals surface area contributed by atoms with E-state index in [4.69, 9.17) is 11.6 Å². The summed E-state index contributed by atoms with van der Waals surface area (Å²) in [6.07, 6.45) is -12.0. The molecule has 16 heteroatoms. The van der Waals surface area contributed by atoms with Crippen molar-refractivity contribution in [2.75, 3.05) is 18.4 Å². The largest absolute Gasteiger partial charge is 0.481 e. The van der Waals surface area contributed by atoms with Gasteiger partial charge in [0.1, 0.15) is 4.75 Å². The molecule has 240 valence electrons. The third-order valence-corrected chi connectivity index (χ3v) is 11.9. The average Bonchev–Trinajstić information content (AvgIpc) is 3.37. The highest BCUT2D eigenvalue weighted by Gasteiger charge is 2.74. The van der Waals surface area contributed by atoms with Gasteiger partial charge in [-0.3, -0.25) is 9.59 Å². The topological polar surface area (TPSA) is 104 Å². The zero-order chi connectivity index (χ0) is 32.5. The molecule has 2 heterocycles. The Morgan fingerprint density at radius 2 is 1.48 bits per heavy atom. The predicted molar refractivity (Wildman–Crippen MR) is 143 cm³/mol. The number of carboxylic acids is 1. The van der Waals surface area contributed by atoms with Crippen LogP contribution in [0.4, 0.5) is 36.4 Å². The van der Waals surface area contributed by atoms with Gasteiger partial charge in [-0.25, -0.2) is 12.8 Å². The monoisotopic (exact) mass is 670 g/mol. The van der Waals surface area contributed by atoms with Gasteiger partial charge in [0.05, 0.1) is 16.9 Å². The number of sulfone groups is 1. The number of nitrogens with one attached hydrogen (secondary N) is 1. The number of benzene rings is 2. The van der Waals surface area contributed by atoms with Crippen molar-refractivity contribution in [3.63, 3.8) is 0 Å². The van der Waals surface area contributed by atoms with Crippen molar-refractivity contribution in [1.29, 1.82) is 0 Å². The second kappa shape index (κ2) is 10.8. The first-order valence-electron chi connectivity index (χ1n) is 13.6. The highest BCUT2D eigenvalue weighted by atomic mass is 35.5. The van der Waals surface area contributed by atoms with Gasteiger partial charge >= 0.3 is 24.0 Å². The Balaban J connectivity index is 1.62. The standard InChI is InChI=1S/C28H26ClF7N2O5S/c29-18-6-8-19(9-7-18)44(42,43)25-11-12-38(23(39)15-1-3-16(4-2-15)24(40)41)22(25)14-37-21-13-17(5-10-20(21)25)26(30,27(31,32)33)28(34,35)36/h5-10,13,15-16,22,37H,1-4,11-12,14H2,(H,40,41)/t15-,16-,22?,25?. The summed E-state index contributed by atoms with van der Waals surface area (Å²) >= 11 is 5.94. The fourth-order valence-corrected chi connectivity index (χ4v) is 9.22. The summed E-state index contributed by atoms with van der Waals surface area (Å²) in [5.74, 6) is -2.62. The second-order valence-electron chi connectivity index (χ2n) is 11.3. The molecule has 2 unspecified atom stereocenters. The molecule has 0 radical (unpaired) electrons. The molecule has 1 amide bonds. The van der Waals surface area contributed by atoms with Crippen molar-refractivity contribution in [3.8, 4) is 0 Å². The highest BCUT2D eigenvalue weighted by Crippen LogP contribution is 2.57. The molecule has 2 N–H and O–H groups in total. The van der Waals surface area contributed by atoms with Crippen LogP contribution in [-0.4, -0.2) is 61.8 Å². The van der Waals surface area contributed by atoms with Crippen LogP contribution in [0.1, 0.15) is 43.2 Å². The van der Waals surface area contributed by atoms with E-state index in [0.29, 0.717) is 6.07 Å². The summed E-state index contributed by atoms with van der Waals surface area (Å²) < 4.78 is 123. The first kappa shape index (κ1) is 32.3. The van der Waals surface area contributed by atoms with E-state index < -0.39 is 73.6 Å². The third-order valence-electron chi connectivity index (χ3n) is 9.09. The third kappa shape index (κ3) is 4.81. The summed E-state index contributed by atoms with van der Waals surface area (Å²) in [6, 6.07) is 5.21. The maximum atomic E-state index is 15.0. The molecule has 3 aliphatic rings. The van der Waals surface area contributed by atoms with Crippen molar-refractivity contribution in [3.05, 3.63) is 58.6 Å². The van der Waals surface area contributed by atoms with Crippen LogP contribution in [0.25, 0.3) is 0 Å². The van der Waals surface area contributed by atoms with Crippen LogP contribution in [0.15, 0.2) is 47.4 Å². The molecule has 5 rings (SSSR count). The van der Waals surface area contributed by atoms with E-state index in [1.54, 1.807) is 0 Å². The number of aliphatic carboxylic acids is 1. The number of rotatable bonds is 5. The maximum absolute atomic E-state index is 15.0. The number of alkyl halides is 7. The number of fused-ring (bicyclic) bond motifs is 3. The van der Waals surface area contributed by atoms with Crippen LogP contribution >= 0.6 is 11.6 Å². The summed E-state index contributed by atoms with van der Waals surface area (Å²) in [5.41, 5.74) is -8.16. The normalized spacial score (nSPS) is 26.0. The van der Waals surface area contributed by atoms with Gasteiger partial charge in [0.15, 0.2) is 9.84 Å². The second-order valence-corrected chi connectivity index (χ2v) is 14.0. The average molecular weight is 671 g/mol. The maximum Gasteiger partial charge on any atom is 0.435 e. The Hall–Kier alpha value is -3.07. The number of carbonyl (C=O) groups is 2. The van der Waals surface area contributed by atoms with E-state index in [-0.39, 0.29) is 66.7 Å². The van der Waals surface area contributed by atoms with Crippen molar-refractivity contribution in [1.82, 2.24) is 4.90 Å². The highest BCUT2D eigenvalue weighted by molar-refractivity contribution is 7.92. The summed E-state index contributed by atoms with van der Waals surface area (Å²) in [4.78, 5) is 26.2. The minimum Gasteiger partial charge on any atom is -0.481 e. The molecule has 2 atom stereocenters. The molecule has 1 saturated heterocycles. The van der Waals surface area contributed by atoms with Crippen LogP contribution in [0.2, 0.25) is 5.02 Å². The Morgan fingerprint density at radius 1 is 0.909 bits per heavy atom. The van der Waals surface area contributed by atoms with Crippen molar-refractivity contribution >= 4 is 39.0 Å². The Morgan fingerprint density at radius 3 is 2.02 bits per heavy atom. The van der Waals surface area contributed by atoms with E-state index in [1.807, 2.05) is 0 Å².